The molecular weight excluding hydrogens is 310 g/mol. The fourth-order valence-corrected chi connectivity index (χ4v) is 5.74. The number of thioether (sulfide) groups is 1. The van der Waals surface area contributed by atoms with Gasteiger partial charge in [0.2, 0.25) is 10.0 Å². The van der Waals surface area contributed by atoms with E-state index in [1.807, 2.05) is 6.07 Å². The van der Waals surface area contributed by atoms with Crippen molar-refractivity contribution in [1.29, 1.82) is 0 Å². The van der Waals surface area contributed by atoms with E-state index in [1.54, 1.807) is 12.1 Å². The number of hydrogen-bond donors (Lipinski definition) is 2. The fraction of sp³-hybridized carbons (Fsp3) is 0.500. The highest BCUT2D eigenvalue weighted by atomic mass is 32.2. The van der Waals surface area contributed by atoms with Gasteiger partial charge in [0.15, 0.2) is 0 Å². The number of hydrogen-bond acceptors (Lipinski definition) is 4. The Morgan fingerprint density at radius 2 is 2.05 bits per heavy atom. The lowest BCUT2D eigenvalue weighted by Crippen LogP contribution is -2.54. The molecule has 0 radical (unpaired) electrons. The summed E-state index contributed by atoms with van der Waals surface area (Å²) in [5.74, 6) is -0.178. The van der Waals surface area contributed by atoms with Crippen LogP contribution in [0.4, 0.5) is 0 Å². The van der Waals surface area contributed by atoms with Gasteiger partial charge < -0.3 is 5.11 Å². The van der Waals surface area contributed by atoms with Gasteiger partial charge in [-0.3, -0.25) is 4.79 Å². The van der Waals surface area contributed by atoms with E-state index in [-0.39, 0.29) is 10.6 Å². The number of nitrogens with one attached hydrogen (secondary N) is 1. The summed E-state index contributed by atoms with van der Waals surface area (Å²) in [5.41, 5.74) is 0.879. The largest absolute Gasteiger partial charge is 0.480 e. The van der Waals surface area contributed by atoms with E-state index < -0.39 is 21.5 Å². The van der Waals surface area contributed by atoms with E-state index in [2.05, 4.69) is 4.72 Å². The third-order valence-corrected chi connectivity index (χ3v) is 6.86. The molecule has 0 bridgehead atoms. The summed E-state index contributed by atoms with van der Waals surface area (Å²) >= 11 is 1.46. The zero-order valence-electron chi connectivity index (χ0n) is 11.5. The molecule has 0 spiro atoms. The number of rotatable bonds is 4. The molecule has 0 aromatic heterocycles. The van der Waals surface area contributed by atoms with Crippen molar-refractivity contribution in [2.24, 2.45) is 0 Å². The maximum absolute atomic E-state index is 12.5. The molecule has 2 aliphatic rings. The van der Waals surface area contributed by atoms with Gasteiger partial charge >= 0.3 is 5.97 Å². The van der Waals surface area contributed by atoms with Gasteiger partial charge in [-0.05, 0) is 54.7 Å². The first-order valence-electron chi connectivity index (χ1n) is 6.90. The zero-order chi connectivity index (χ0) is 15.1. The number of carbonyl (C=O) groups is 1. The van der Waals surface area contributed by atoms with Crippen LogP contribution in [0.15, 0.2) is 23.1 Å². The Morgan fingerprint density at radius 3 is 2.71 bits per heavy atom. The minimum atomic E-state index is -3.81. The van der Waals surface area contributed by atoms with Gasteiger partial charge in [0.1, 0.15) is 5.54 Å². The van der Waals surface area contributed by atoms with E-state index in [1.165, 1.54) is 17.3 Å². The first kappa shape index (κ1) is 14.9. The minimum absolute atomic E-state index is 0.167. The van der Waals surface area contributed by atoms with E-state index in [0.29, 0.717) is 12.2 Å². The zero-order valence-corrected chi connectivity index (χ0v) is 13.1. The van der Waals surface area contributed by atoms with Crippen molar-refractivity contribution in [3.8, 4) is 0 Å². The lowest BCUT2D eigenvalue weighted by atomic mass is 10.0. The molecule has 1 aromatic carbocycles. The van der Waals surface area contributed by atoms with Crippen molar-refractivity contribution in [2.75, 3.05) is 11.5 Å². The second-order valence-corrected chi connectivity index (χ2v) is 8.37. The summed E-state index contributed by atoms with van der Waals surface area (Å²) in [6, 6.07) is 5.10. The van der Waals surface area contributed by atoms with Crippen molar-refractivity contribution in [3.63, 3.8) is 0 Å². The Hall–Kier alpha value is -1.05. The second kappa shape index (κ2) is 5.30. The van der Waals surface area contributed by atoms with Crippen LogP contribution in [0.2, 0.25) is 0 Å². The predicted molar refractivity (Wildman–Crippen MR) is 81.1 cm³/mol. The number of aliphatic carboxylic acids is 1. The molecule has 1 aliphatic carbocycles. The van der Waals surface area contributed by atoms with Crippen LogP contribution in [0.25, 0.3) is 0 Å². The summed E-state index contributed by atoms with van der Waals surface area (Å²) in [7, 11) is -3.81. The maximum atomic E-state index is 12.5. The lowest BCUT2D eigenvalue weighted by molar-refractivity contribution is -0.142. The van der Waals surface area contributed by atoms with Gasteiger partial charge in [-0.15, -0.1) is 0 Å². The summed E-state index contributed by atoms with van der Waals surface area (Å²) in [5, 5.41) is 9.39. The average molecular weight is 327 g/mol. The van der Waals surface area contributed by atoms with Crippen molar-refractivity contribution in [3.05, 3.63) is 29.3 Å². The van der Waals surface area contributed by atoms with E-state index in [9.17, 15) is 18.3 Å². The van der Waals surface area contributed by atoms with Crippen molar-refractivity contribution >= 4 is 27.8 Å². The lowest BCUT2D eigenvalue weighted by Gasteiger charge is -2.24. The Kier molecular flexibility index (Phi) is 3.75. The predicted octanol–water partition coefficient (Wildman–Crippen LogP) is 1.41. The molecule has 0 amide bonds. The highest BCUT2D eigenvalue weighted by Gasteiger charge is 2.45. The summed E-state index contributed by atoms with van der Waals surface area (Å²) in [4.78, 5) is 11.6. The second-order valence-electron chi connectivity index (χ2n) is 5.58. The maximum Gasteiger partial charge on any atom is 0.325 e. The smallest absolute Gasteiger partial charge is 0.325 e. The minimum Gasteiger partial charge on any atom is -0.480 e. The third kappa shape index (κ3) is 2.69. The van der Waals surface area contributed by atoms with Crippen LogP contribution in [-0.2, 0) is 27.7 Å². The molecule has 0 saturated carbocycles. The van der Waals surface area contributed by atoms with Crippen LogP contribution in [0.5, 0.6) is 0 Å². The van der Waals surface area contributed by atoms with Crippen molar-refractivity contribution in [1.82, 2.24) is 4.72 Å². The molecule has 7 heteroatoms. The molecule has 1 heterocycles. The highest BCUT2D eigenvalue weighted by Crippen LogP contribution is 2.31. The van der Waals surface area contributed by atoms with Gasteiger partial charge in [0.05, 0.1) is 4.90 Å². The van der Waals surface area contributed by atoms with Crippen LogP contribution >= 0.6 is 11.8 Å². The quantitative estimate of drug-likeness (QED) is 0.874. The molecule has 1 fully saturated rings. The molecule has 1 saturated heterocycles. The van der Waals surface area contributed by atoms with Gasteiger partial charge in [-0.2, -0.15) is 16.5 Å². The van der Waals surface area contributed by atoms with E-state index >= 15 is 0 Å². The van der Waals surface area contributed by atoms with E-state index in [0.717, 1.165) is 24.8 Å². The number of carboxylic acid groups (broad SMARTS) is 1. The molecular formula is C14H17NO4S2. The Labute approximate surface area is 128 Å². The number of aryl methyl sites for hydroxylation is 2. The van der Waals surface area contributed by atoms with Crippen LogP contribution in [-0.4, -0.2) is 36.5 Å². The van der Waals surface area contributed by atoms with Crippen molar-refractivity contribution in [2.45, 2.75) is 36.1 Å². The first-order chi connectivity index (χ1) is 9.93. The SMILES string of the molecule is O=C(O)C1(NS(=O)(=O)c2ccc3c(c2)CCC3)CCSC1. The Bertz CT molecular complexity index is 678. The number of carboxylic acids is 1. The normalized spacial score (nSPS) is 25.0. The first-order valence-corrected chi connectivity index (χ1v) is 9.54. The molecule has 21 heavy (non-hydrogen) atoms. The van der Waals surface area contributed by atoms with Crippen LogP contribution in [0.1, 0.15) is 24.0 Å². The Morgan fingerprint density at radius 1 is 1.29 bits per heavy atom. The van der Waals surface area contributed by atoms with Gasteiger partial charge in [0.25, 0.3) is 0 Å². The van der Waals surface area contributed by atoms with Crippen LogP contribution in [0, 0.1) is 0 Å². The van der Waals surface area contributed by atoms with Crippen LogP contribution in [0.3, 0.4) is 0 Å². The topological polar surface area (TPSA) is 83.5 Å². The monoisotopic (exact) mass is 327 g/mol. The van der Waals surface area contributed by atoms with Crippen LogP contribution < -0.4 is 4.72 Å². The summed E-state index contributed by atoms with van der Waals surface area (Å²) < 4.78 is 27.5. The van der Waals surface area contributed by atoms with Crippen molar-refractivity contribution < 1.29 is 18.3 Å². The molecule has 2 N–H and O–H groups in total. The molecule has 114 valence electrons. The van der Waals surface area contributed by atoms with Gasteiger partial charge in [-0.25, -0.2) is 8.42 Å². The molecule has 3 rings (SSSR count). The number of benzene rings is 1. The summed E-state index contributed by atoms with van der Waals surface area (Å²) in [6.45, 7) is 0. The third-order valence-electron chi connectivity index (χ3n) is 4.14. The van der Waals surface area contributed by atoms with E-state index in [4.69, 9.17) is 0 Å². The number of fused-ring (bicyclic) bond motifs is 1. The molecule has 1 unspecified atom stereocenters. The molecule has 1 atom stereocenters. The molecule has 5 nitrogen and oxygen atoms in total. The molecule has 1 aromatic rings. The highest BCUT2D eigenvalue weighted by molar-refractivity contribution is 7.99. The average Bonchev–Trinajstić information content (AvgIpc) is 3.06. The standard InChI is InChI=1S/C14H17NO4S2/c16-13(17)14(6-7-20-9-14)15-21(18,19)12-5-4-10-2-1-3-11(10)8-12/h4-5,8,15H,1-3,6-7,9H2,(H,16,17). The fourth-order valence-electron chi connectivity index (χ4n) is 2.89. The number of sulfonamides is 1. The molecule has 1 aliphatic heterocycles. The van der Waals surface area contributed by atoms with Gasteiger partial charge in [-0.1, -0.05) is 6.07 Å². The summed E-state index contributed by atoms with van der Waals surface area (Å²) in [6.07, 6.45) is 3.23. The Balaban J connectivity index is 1.92. The van der Waals surface area contributed by atoms with Gasteiger partial charge in [0, 0.05) is 5.75 Å².